The molecule has 0 unspecified atom stereocenters. The highest BCUT2D eigenvalue weighted by Gasteiger charge is 2.23. The van der Waals surface area contributed by atoms with E-state index in [4.69, 9.17) is 0 Å². The van der Waals surface area contributed by atoms with Crippen LogP contribution in [0.15, 0.2) is 522 Å². The van der Waals surface area contributed by atoms with Crippen LogP contribution in [0.2, 0.25) is 0 Å². The molecule has 0 aliphatic heterocycles. The minimum absolute atomic E-state index is 1.16. The van der Waals surface area contributed by atoms with Crippen LogP contribution < -0.4 is 0 Å². The second-order valence-electron chi connectivity index (χ2n) is 36.3. The fraction of sp³-hybridized carbons (Fsp3) is 0. The molecule has 644 valence electrons. The summed E-state index contributed by atoms with van der Waals surface area (Å²) in [5, 5.41) is 22.7. The van der Waals surface area contributed by atoms with Crippen molar-refractivity contribution in [2.75, 3.05) is 0 Å². The molecule has 0 amide bonds. The SMILES string of the molecule is c1ccc(-c2ccc(-n3c4ccccc4c4cc(-c5ccc6c(c5)c5ccccc5n6-c5ccc(-c6ccccc6)cc5)ccc43)cc2)cc1.c1ccc(-n2c3ccccc3c3cc(-c4ccc5c(c4)c4ccccc4n5-c4ccc5ccccc5c4)ccc32)cc1.c1ccc2cc(-n3c4ccccc4c4cc(-c5ccc6c(c5)c5ccccc5n6-c5ccc6ccccc6c5)ccc43)ccc2c1. The molecule has 0 saturated heterocycles. The third-order valence-corrected chi connectivity index (χ3v) is 28.5. The molecule has 29 rings (SSSR count). The first-order chi connectivity index (χ1) is 68.4. The average molecular weight is 1760 g/mol. The van der Waals surface area contributed by atoms with Gasteiger partial charge in [0.1, 0.15) is 0 Å². The van der Waals surface area contributed by atoms with Crippen molar-refractivity contribution in [2.24, 2.45) is 0 Å². The van der Waals surface area contributed by atoms with E-state index in [0.29, 0.717) is 0 Å². The lowest BCUT2D eigenvalue weighted by molar-refractivity contribution is 1.18. The molecule has 138 heavy (non-hydrogen) atoms. The van der Waals surface area contributed by atoms with E-state index in [-0.39, 0.29) is 0 Å². The zero-order chi connectivity index (χ0) is 90.8. The average Bonchev–Trinajstić information content (AvgIpc) is 1.58. The summed E-state index contributed by atoms with van der Waals surface area (Å²) in [6.07, 6.45) is 0. The van der Waals surface area contributed by atoms with Gasteiger partial charge in [0, 0.05) is 98.8 Å². The molecule has 0 fully saturated rings. The van der Waals surface area contributed by atoms with Crippen LogP contribution in [0, 0.1) is 0 Å². The van der Waals surface area contributed by atoms with Crippen LogP contribution >= 0.6 is 0 Å². The Hall–Kier alpha value is -18.4. The lowest BCUT2D eigenvalue weighted by atomic mass is 10.0. The number of benzene rings is 23. The minimum atomic E-state index is 1.16. The number of hydrogen-bond acceptors (Lipinski definition) is 0. The van der Waals surface area contributed by atoms with Crippen molar-refractivity contribution in [1.29, 1.82) is 0 Å². The largest absolute Gasteiger partial charge is 0.309 e. The van der Waals surface area contributed by atoms with Gasteiger partial charge in [-0.05, 0) is 270 Å². The van der Waals surface area contributed by atoms with Gasteiger partial charge in [0.05, 0.1) is 66.2 Å². The molecule has 0 bridgehead atoms. The maximum absolute atomic E-state index is 2.40. The molecule has 6 aromatic heterocycles. The standard InChI is InChI=1S/C48H32N2.C44H28N2.C40H26N2/c1-3-11-33(12-4-1)35-19-25-39(26-20-35)49-45-17-9-7-15-41(45)43-31-37(23-29-47(43)49)38-24-30-48-44(32-38)42-16-8-10-18-46(42)50(48)40-27-21-36(22-28-40)34-13-5-2-6-14-34;1-3-11-31-25-35(21-17-29(31)9-1)45-41-15-7-5-13-37(41)39-27-33(19-23-43(39)45)34-20-24-44-40(28-34)38-14-6-8-16-42(38)46(44)36-22-18-30-10-2-4-12-32(30)26-36;1-2-12-31(13-3-1)41-37-16-8-6-14-33(37)35-25-29(19-22-39(35)41)30-20-23-40-36(26-30)34-15-7-9-17-38(34)42(40)32-21-18-27-10-4-5-11-28(27)24-32/h1-32H;1-28H;1-26H. The molecular weight excluding hydrogens is 1670 g/mol. The minimum Gasteiger partial charge on any atom is -0.309 e. The summed E-state index contributed by atoms with van der Waals surface area (Å²) in [4.78, 5) is 0. The van der Waals surface area contributed by atoms with E-state index < -0.39 is 0 Å². The third kappa shape index (κ3) is 13.4. The molecule has 23 aromatic carbocycles. The molecule has 0 aliphatic carbocycles. The Morgan fingerprint density at radius 3 is 0.500 bits per heavy atom. The fourth-order valence-electron chi connectivity index (χ4n) is 22.0. The highest BCUT2D eigenvalue weighted by atomic mass is 15.0. The van der Waals surface area contributed by atoms with Crippen molar-refractivity contribution in [3.05, 3.63) is 522 Å². The van der Waals surface area contributed by atoms with Crippen LogP contribution in [0.5, 0.6) is 0 Å². The predicted octanol–water partition coefficient (Wildman–Crippen LogP) is 35.4. The molecule has 0 radical (unpaired) electrons. The Labute approximate surface area is 796 Å². The molecule has 0 atom stereocenters. The van der Waals surface area contributed by atoms with Crippen LogP contribution in [-0.4, -0.2) is 27.4 Å². The highest BCUT2D eigenvalue weighted by Crippen LogP contribution is 2.45. The van der Waals surface area contributed by atoms with Gasteiger partial charge in [0.2, 0.25) is 0 Å². The van der Waals surface area contributed by atoms with E-state index in [1.54, 1.807) is 0 Å². The molecule has 6 heterocycles. The van der Waals surface area contributed by atoms with E-state index >= 15 is 0 Å². The molecule has 0 spiro atoms. The van der Waals surface area contributed by atoms with Gasteiger partial charge in [0.25, 0.3) is 0 Å². The monoisotopic (exact) mass is 1750 g/mol. The van der Waals surface area contributed by atoms with Crippen molar-refractivity contribution in [1.82, 2.24) is 27.4 Å². The number of fused-ring (bicyclic) bond motifs is 21. The Kier molecular flexibility index (Phi) is 18.9. The van der Waals surface area contributed by atoms with Gasteiger partial charge in [-0.25, -0.2) is 0 Å². The lowest BCUT2D eigenvalue weighted by Gasteiger charge is -2.11. The van der Waals surface area contributed by atoms with E-state index in [1.165, 1.54) is 242 Å². The van der Waals surface area contributed by atoms with Crippen LogP contribution in [-0.2, 0) is 0 Å². The Morgan fingerprint density at radius 2 is 0.254 bits per heavy atom. The number of nitrogens with zero attached hydrogens (tertiary/aromatic N) is 6. The van der Waals surface area contributed by atoms with Gasteiger partial charge in [-0.2, -0.15) is 0 Å². The van der Waals surface area contributed by atoms with Gasteiger partial charge in [-0.1, -0.05) is 340 Å². The van der Waals surface area contributed by atoms with Crippen molar-refractivity contribution >= 4 is 163 Å². The summed E-state index contributed by atoms with van der Waals surface area (Å²) >= 11 is 0. The third-order valence-electron chi connectivity index (χ3n) is 28.5. The smallest absolute Gasteiger partial charge is 0.0541 e. The summed E-state index contributed by atoms with van der Waals surface area (Å²) in [6, 6.07) is 190. The summed E-state index contributed by atoms with van der Waals surface area (Å²) < 4.78 is 14.4. The van der Waals surface area contributed by atoms with Crippen LogP contribution in [0.3, 0.4) is 0 Å². The van der Waals surface area contributed by atoms with Crippen molar-refractivity contribution < 1.29 is 0 Å². The molecule has 6 nitrogen and oxygen atoms in total. The first-order valence-electron chi connectivity index (χ1n) is 47.5. The fourth-order valence-corrected chi connectivity index (χ4v) is 22.0. The Balaban J connectivity index is 0.000000105. The maximum atomic E-state index is 2.40. The predicted molar refractivity (Wildman–Crippen MR) is 585 cm³/mol. The number of para-hydroxylation sites is 7. The van der Waals surface area contributed by atoms with E-state index in [2.05, 4.69) is 549 Å². The summed E-state index contributed by atoms with van der Waals surface area (Å²) in [6.45, 7) is 0. The van der Waals surface area contributed by atoms with Crippen molar-refractivity contribution in [3.63, 3.8) is 0 Å². The second-order valence-corrected chi connectivity index (χ2v) is 36.3. The zero-order valence-corrected chi connectivity index (χ0v) is 75.3. The molecule has 6 heteroatoms. The topological polar surface area (TPSA) is 29.6 Å². The number of hydrogen-bond donors (Lipinski definition) is 0. The zero-order valence-electron chi connectivity index (χ0n) is 75.3. The molecule has 0 aliphatic rings. The summed E-state index contributed by atoms with van der Waals surface area (Å²) in [7, 11) is 0. The first kappa shape index (κ1) is 79.4. The summed E-state index contributed by atoms with van der Waals surface area (Å²) in [5.41, 5.74) is 33.9. The highest BCUT2D eigenvalue weighted by molar-refractivity contribution is 6.18. The van der Waals surface area contributed by atoms with Gasteiger partial charge in [-0.15, -0.1) is 0 Å². The van der Waals surface area contributed by atoms with Crippen LogP contribution in [0.4, 0.5) is 0 Å². The van der Waals surface area contributed by atoms with Gasteiger partial charge < -0.3 is 27.4 Å². The van der Waals surface area contributed by atoms with E-state index in [0.717, 1.165) is 11.4 Å². The Bertz CT molecular complexity index is 9500. The Morgan fingerprint density at radius 1 is 0.0870 bits per heavy atom. The second kappa shape index (κ2) is 32.8. The molecular formula is C132H86N6. The quantitative estimate of drug-likeness (QED) is 0.124. The molecule has 29 aromatic rings. The molecule has 0 saturated carbocycles. The number of rotatable bonds is 11. The normalized spacial score (nSPS) is 11.8. The maximum Gasteiger partial charge on any atom is 0.0541 e. The first-order valence-corrected chi connectivity index (χ1v) is 47.5. The van der Waals surface area contributed by atoms with E-state index in [1.807, 2.05) is 0 Å². The van der Waals surface area contributed by atoms with Gasteiger partial charge in [-0.3, -0.25) is 0 Å². The lowest BCUT2D eigenvalue weighted by Crippen LogP contribution is -1.94. The van der Waals surface area contributed by atoms with Crippen LogP contribution in [0.25, 0.3) is 253 Å². The van der Waals surface area contributed by atoms with E-state index in [9.17, 15) is 0 Å². The summed E-state index contributed by atoms with van der Waals surface area (Å²) in [5.74, 6) is 0. The van der Waals surface area contributed by atoms with Crippen molar-refractivity contribution in [3.8, 4) is 89.8 Å². The van der Waals surface area contributed by atoms with Crippen LogP contribution in [0.1, 0.15) is 0 Å². The van der Waals surface area contributed by atoms with Crippen molar-refractivity contribution in [2.45, 2.75) is 0 Å². The van der Waals surface area contributed by atoms with Gasteiger partial charge >= 0.3 is 0 Å². The van der Waals surface area contributed by atoms with Gasteiger partial charge in [0.15, 0.2) is 0 Å². The number of aromatic nitrogens is 6. The molecule has 0 N–H and O–H groups in total.